The van der Waals surface area contributed by atoms with Crippen LogP contribution in [0.15, 0.2) is 43.0 Å². The highest BCUT2D eigenvalue weighted by Crippen LogP contribution is 2.19. The van der Waals surface area contributed by atoms with Crippen LogP contribution in [0.3, 0.4) is 0 Å². The van der Waals surface area contributed by atoms with Gasteiger partial charge in [0, 0.05) is 48.3 Å². The van der Waals surface area contributed by atoms with Gasteiger partial charge in [0.1, 0.15) is 18.1 Å². The van der Waals surface area contributed by atoms with Crippen molar-refractivity contribution < 1.29 is 34.2 Å². The molecule has 0 aliphatic heterocycles. The summed E-state index contributed by atoms with van der Waals surface area (Å²) >= 11 is 1.53. The average Bonchev–Trinajstić information content (AvgIpc) is 3.62. The topological polar surface area (TPSA) is 232 Å². The first-order valence-corrected chi connectivity index (χ1v) is 14.6. The number of imidazole rings is 1. The molecule has 1 aromatic carbocycles. The fourth-order valence-electron chi connectivity index (χ4n) is 4.28. The van der Waals surface area contributed by atoms with E-state index in [2.05, 4.69) is 30.9 Å². The first kappa shape index (κ1) is 32.1. The molecule has 4 unspecified atom stereocenters. The molecule has 9 N–H and O–H groups in total. The molecule has 3 amide bonds. The standard InChI is InChI=1S/C27H35N7O7S/c1-42-9-8-18(28)24(37)33-22(11-16-13-29-14-31-16)26(39)34-21(10-15-12-30-19-5-3-2-4-17(15)19)25(38)32-20(27(40)41)6-7-23(35)36/h2-5,12-14,18,20-22,30H,6-11,28H2,1H3,(H,29,31)(H,32,38)(H,33,37)(H,34,39)(H,35,36)(H,40,41). The van der Waals surface area contributed by atoms with Crippen molar-refractivity contribution in [3.8, 4) is 0 Å². The van der Waals surface area contributed by atoms with Gasteiger partial charge in [-0.1, -0.05) is 18.2 Å². The summed E-state index contributed by atoms with van der Waals surface area (Å²) in [5.41, 5.74) is 8.03. The summed E-state index contributed by atoms with van der Waals surface area (Å²) in [4.78, 5) is 72.5. The van der Waals surface area contributed by atoms with Crippen LogP contribution in [0.5, 0.6) is 0 Å². The minimum absolute atomic E-state index is 0.0185. The van der Waals surface area contributed by atoms with Crippen molar-refractivity contribution in [2.45, 2.75) is 56.3 Å². The van der Waals surface area contributed by atoms with Gasteiger partial charge in [-0.15, -0.1) is 0 Å². The molecule has 0 radical (unpaired) electrons. The van der Waals surface area contributed by atoms with E-state index in [1.54, 1.807) is 6.20 Å². The Balaban J connectivity index is 1.86. The van der Waals surface area contributed by atoms with Gasteiger partial charge in [-0.2, -0.15) is 11.8 Å². The number of aromatic nitrogens is 3. The summed E-state index contributed by atoms with van der Waals surface area (Å²) < 4.78 is 0. The zero-order valence-corrected chi connectivity index (χ0v) is 23.8. The molecule has 0 saturated heterocycles. The number of hydrogen-bond donors (Lipinski definition) is 8. The summed E-state index contributed by atoms with van der Waals surface area (Å²) in [5.74, 6) is -4.05. The van der Waals surface area contributed by atoms with Crippen molar-refractivity contribution in [1.82, 2.24) is 30.9 Å². The van der Waals surface area contributed by atoms with Crippen LogP contribution in [-0.4, -0.2) is 91.0 Å². The lowest BCUT2D eigenvalue weighted by Crippen LogP contribution is -2.58. The third kappa shape index (κ3) is 9.34. The van der Waals surface area contributed by atoms with Crippen LogP contribution in [0, 0.1) is 0 Å². The molecular weight excluding hydrogens is 566 g/mol. The lowest BCUT2D eigenvalue weighted by Gasteiger charge is -2.25. The molecule has 3 aromatic rings. The molecule has 2 aromatic heterocycles. The number of para-hydroxylation sites is 1. The lowest BCUT2D eigenvalue weighted by molar-refractivity contribution is -0.143. The molecule has 4 atom stereocenters. The van der Waals surface area contributed by atoms with Gasteiger partial charge >= 0.3 is 11.9 Å². The second kappa shape index (κ2) is 15.6. The van der Waals surface area contributed by atoms with Crippen LogP contribution < -0.4 is 21.7 Å². The van der Waals surface area contributed by atoms with Gasteiger partial charge in [0.05, 0.1) is 12.4 Å². The summed E-state index contributed by atoms with van der Waals surface area (Å²) in [7, 11) is 0. The van der Waals surface area contributed by atoms with Gasteiger partial charge in [0.25, 0.3) is 0 Å². The Bertz CT molecular complexity index is 1380. The quantitative estimate of drug-likeness (QED) is 0.104. The number of carbonyl (C=O) groups is 5. The molecule has 0 aliphatic carbocycles. The molecule has 0 aliphatic rings. The Kier molecular flexibility index (Phi) is 11.9. The van der Waals surface area contributed by atoms with Crippen LogP contribution in [0.1, 0.15) is 30.5 Å². The van der Waals surface area contributed by atoms with Gasteiger partial charge in [-0.25, -0.2) is 9.78 Å². The van der Waals surface area contributed by atoms with Crippen LogP contribution in [0.4, 0.5) is 0 Å². The fourth-order valence-corrected chi connectivity index (χ4v) is 4.77. The van der Waals surface area contributed by atoms with Gasteiger partial charge in [-0.3, -0.25) is 19.2 Å². The van der Waals surface area contributed by atoms with Crippen molar-refractivity contribution in [1.29, 1.82) is 0 Å². The van der Waals surface area contributed by atoms with E-state index < -0.39 is 60.2 Å². The minimum Gasteiger partial charge on any atom is -0.481 e. The predicted molar refractivity (Wildman–Crippen MR) is 156 cm³/mol. The van der Waals surface area contributed by atoms with Gasteiger partial charge in [0.2, 0.25) is 17.7 Å². The molecule has 3 rings (SSSR count). The highest BCUT2D eigenvalue weighted by atomic mass is 32.2. The average molecular weight is 602 g/mol. The van der Waals surface area contributed by atoms with E-state index in [-0.39, 0.29) is 19.3 Å². The molecule has 0 spiro atoms. The van der Waals surface area contributed by atoms with Gasteiger partial charge in [-0.05, 0) is 36.5 Å². The van der Waals surface area contributed by atoms with Crippen molar-refractivity contribution >= 4 is 52.3 Å². The number of nitrogens with two attached hydrogens (primary N) is 1. The number of nitrogens with zero attached hydrogens (tertiary/aromatic N) is 1. The van der Waals surface area contributed by atoms with Crippen molar-refractivity contribution in [3.05, 3.63) is 54.2 Å². The minimum atomic E-state index is -1.49. The zero-order chi connectivity index (χ0) is 30.6. The molecule has 14 nitrogen and oxygen atoms in total. The number of benzene rings is 1. The highest BCUT2D eigenvalue weighted by molar-refractivity contribution is 7.98. The van der Waals surface area contributed by atoms with E-state index >= 15 is 0 Å². The maximum atomic E-state index is 13.6. The van der Waals surface area contributed by atoms with E-state index in [1.807, 2.05) is 30.5 Å². The van der Waals surface area contributed by atoms with E-state index in [0.29, 0.717) is 23.4 Å². The number of nitrogens with one attached hydrogen (secondary N) is 5. The largest absolute Gasteiger partial charge is 0.481 e. The third-order valence-corrected chi connectivity index (χ3v) is 7.22. The number of H-pyrrole nitrogens is 2. The Morgan fingerprint density at radius 3 is 2.24 bits per heavy atom. The molecule has 2 heterocycles. The molecule has 226 valence electrons. The van der Waals surface area contributed by atoms with E-state index in [4.69, 9.17) is 10.8 Å². The summed E-state index contributed by atoms with van der Waals surface area (Å²) in [6.45, 7) is 0. The number of hydrogen-bond acceptors (Lipinski definition) is 8. The van der Waals surface area contributed by atoms with Gasteiger partial charge in [0.15, 0.2) is 0 Å². The van der Waals surface area contributed by atoms with Crippen molar-refractivity contribution in [3.63, 3.8) is 0 Å². The first-order valence-electron chi connectivity index (χ1n) is 13.2. The molecule has 15 heteroatoms. The van der Waals surface area contributed by atoms with Crippen molar-refractivity contribution in [2.75, 3.05) is 12.0 Å². The number of rotatable bonds is 17. The summed E-state index contributed by atoms with van der Waals surface area (Å²) in [5, 5.41) is 27.0. The number of aliphatic carboxylic acids is 2. The van der Waals surface area contributed by atoms with Crippen LogP contribution in [-0.2, 0) is 36.8 Å². The maximum absolute atomic E-state index is 13.6. The first-order chi connectivity index (χ1) is 20.1. The fraction of sp³-hybridized carbons (Fsp3) is 0.407. The number of carbonyl (C=O) groups excluding carboxylic acids is 3. The summed E-state index contributed by atoms with van der Waals surface area (Å²) in [6, 6.07) is 2.57. The molecule has 42 heavy (non-hydrogen) atoms. The van der Waals surface area contributed by atoms with E-state index in [1.165, 1.54) is 24.3 Å². The number of aromatic amines is 2. The lowest BCUT2D eigenvalue weighted by atomic mass is 10.0. The Morgan fingerprint density at radius 2 is 1.60 bits per heavy atom. The van der Waals surface area contributed by atoms with E-state index in [9.17, 15) is 29.1 Å². The molecule has 0 saturated carbocycles. The second-order valence-corrected chi connectivity index (χ2v) is 10.7. The number of carboxylic acids is 2. The number of thioether (sulfide) groups is 1. The predicted octanol–water partition coefficient (Wildman–Crippen LogP) is 0.160. The van der Waals surface area contributed by atoms with Crippen molar-refractivity contribution in [2.24, 2.45) is 5.73 Å². The van der Waals surface area contributed by atoms with Crippen LogP contribution in [0.25, 0.3) is 10.9 Å². The highest BCUT2D eigenvalue weighted by Gasteiger charge is 2.31. The van der Waals surface area contributed by atoms with Crippen LogP contribution in [0.2, 0.25) is 0 Å². The second-order valence-electron chi connectivity index (χ2n) is 9.69. The SMILES string of the molecule is CSCCC(N)C(=O)NC(Cc1cnc[nH]1)C(=O)NC(Cc1c[nH]c2ccccc12)C(=O)NC(CCC(=O)O)C(=O)O. The van der Waals surface area contributed by atoms with E-state index in [0.717, 1.165) is 10.9 Å². The van der Waals surface area contributed by atoms with Crippen LogP contribution >= 0.6 is 11.8 Å². The molecular formula is C27H35N7O7S. The maximum Gasteiger partial charge on any atom is 0.326 e. The smallest absolute Gasteiger partial charge is 0.326 e. The number of fused-ring (bicyclic) bond motifs is 1. The molecule has 0 bridgehead atoms. The Labute approximate surface area is 245 Å². The Hall–Kier alpha value is -4.37. The number of carboxylic acid groups (broad SMARTS) is 2. The molecule has 0 fully saturated rings. The normalized spacial score (nSPS) is 14.0. The third-order valence-electron chi connectivity index (χ3n) is 6.58. The zero-order valence-electron chi connectivity index (χ0n) is 23.0. The summed E-state index contributed by atoms with van der Waals surface area (Å²) in [6.07, 6.45) is 6.05. The monoisotopic (exact) mass is 601 g/mol. The Morgan fingerprint density at radius 1 is 0.929 bits per heavy atom. The van der Waals surface area contributed by atoms with Gasteiger partial charge < -0.3 is 41.9 Å². The number of amides is 3.